The molecular weight excluding hydrogens is 299 g/mol. The maximum absolute atomic E-state index is 13.0. The highest BCUT2D eigenvalue weighted by molar-refractivity contribution is 7.89. The molecule has 0 bridgehead atoms. The second-order valence-electron chi connectivity index (χ2n) is 5.14. The number of sulfonamides is 1. The van der Waals surface area contributed by atoms with E-state index in [2.05, 4.69) is 4.72 Å². The molecule has 0 aromatic heterocycles. The van der Waals surface area contributed by atoms with Crippen molar-refractivity contribution in [3.8, 4) is 6.07 Å². The minimum atomic E-state index is -4.06. The molecule has 0 amide bonds. The van der Waals surface area contributed by atoms with Crippen LogP contribution < -0.4 is 4.72 Å². The fourth-order valence-corrected chi connectivity index (χ4v) is 3.29. The number of rotatable bonds is 6. The molecule has 0 saturated heterocycles. The summed E-state index contributed by atoms with van der Waals surface area (Å²) >= 11 is 0. The molecule has 0 radical (unpaired) electrons. The molecule has 2 N–H and O–H groups in total. The molecule has 0 aliphatic carbocycles. The average molecular weight is 314 g/mol. The average Bonchev–Trinajstić information content (AvgIpc) is 2.34. The van der Waals surface area contributed by atoms with Crippen LogP contribution >= 0.6 is 0 Å². The van der Waals surface area contributed by atoms with Crippen molar-refractivity contribution in [2.45, 2.75) is 37.1 Å². The number of nitrogens with one attached hydrogen (secondary N) is 1. The summed E-state index contributed by atoms with van der Waals surface area (Å²) in [5.74, 6) is -1.75. The van der Waals surface area contributed by atoms with Crippen molar-refractivity contribution in [1.82, 2.24) is 4.72 Å². The Hall–Kier alpha value is -1.98. The lowest BCUT2D eigenvalue weighted by Gasteiger charge is -2.25. The molecule has 21 heavy (non-hydrogen) atoms. The van der Waals surface area contributed by atoms with E-state index in [-0.39, 0.29) is 23.3 Å². The lowest BCUT2D eigenvalue weighted by atomic mass is 10.0. The van der Waals surface area contributed by atoms with E-state index in [1.165, 1.54) is 13.8 Å². The monoisotopic (exact) mass is 314 g/mol. The van der Waals surface area contributed by atoms with E-state index in [1.54, 1.807) is 6.07 Å². The normalized spacial score (nSPS) is 11.9. The summed E-state index contributed by atoms with van der Waals surface area (Å²) in [6.45, 7) is 3.06. The molecular formula is C13H15FN2O4S. The highest BCUT2D eigenvalue weighted by atomic mass is 32.2. The van der Waals surface area contributed by atoms with Crippen LogP contribution in [0.3, 0.4) is 0 Å². The molecule has 0 unspecified atom stereocenters. The van der Waals surface area contributed by atoms with Crippen LogP contribution in [0.1, 0.15) is 32.3 Å². The molecule has 0 fully saturated rings. The van der Waals surface area contributed by atoms with E-state index < -0.39 is 27.3 Å². The topological polar surface area (TPSA) is 107 Å². The van der Waals surface area contributed by atoms with Gasteiger partial charge in [0.25, 0.3) is 0 Å². The Morgan fingerprint density at radius 3 is 2.62 bits per heavy atom. The van der Waals surface area contributed by atoms with Gasteiger partial charge < -0.3 is 5.11 Å². The van der Waals surface area contributed by atoms with Crippen LogP contribution in [-0.2, 0) is 14.8 Å². The third-order valence-electron chi connectivity index (χ3n) is 2.73. The third kappa shape index (κ3) is 4.81. The van der Waals surface area contributed by atoms with Crippen molar-refractivity contribution in [3.05, 3.63) is 29.6 Å². The first-order valence-corrected chi connectivity index (χ1v) is 7.51. The Kier molecular flexibility index (Phi) is 5.04. The van der Waals surface area contributed by atoms with Gasteiger partial charge >= 0.3 is 5.97 Å². The summed E-state index contributed by atoms with van der Waals surface area (Å²) < 4.78 is 39.9. The molecule has 0 aliphatic rings. The maximum Gasteiger partial charge on any atom is 0.303 e. The molecule has 6 nitrogen and oxygen atoms in total. The number of hydrogen-bond donors (Lipinski definition) is 2. The second kappa shape index (κ2) is 6.20. The summed E-state index contributed by atoms with van der Waals surface area (Å²) in [4.78, 5) is 10.2. The third-order valence-corrected chi connectivity index (χ3v) is 4.48. The minimum Gasteiger partial charge on any atom is -0.481 e. The fraction of sp³-hybridized carbons (Fsp3) is 0.385. The van der Waals surface area contributed by atoms with Gasteiger partial charge in [-0.3, -0.25) is 4.79 Å². The fourth-order valence-electron chi connectivity index (χ4n) is 1.71. The lowest BCUT2D eigenvalue weighted by Crippen LogP contribution is -2.43. The Morgan fingerprint density at radius 1 is 1.48 bits per heavy atom. The van der Waals surface area contributed by atoms with Crippen molar-refractivity contribution >= 4 is 16.0 Å². The molecule has 0 aliphatic heterocycles. The molecule has 0 spiro atoms. The van der Waals surface area contributed by atoms with Crippen LogP contribution in [0, 0.1) is 17.1 Å². The van der Waals surface area contributed by atoms with Gasteiger partial charge in [-0.25, -0.2) is 17.5 Å². The largest absolute Gasteiger partial charge is 0.481 e. The lowest BCUT2D eigenvalue weighted by molar-refractivity contribution is -0.137. The standard InChI is InChI=1S/C13H15FN2O4S/c1-13(2,6-5-12(17)18)16-21(19,20)11-4-3-10(14)7-9(11)8-15/h3-4,7,16H,5-6H2,1-2H3,(H,17,18). The van der Waals surface area contributed by atoms with E-state index in [0.717, 1.165) is 18.2 Å². The van der Waals surface area contributed by atoms with Gasteiger partial charge in [0.15, 0.2) is 0 Å². The number of hydrogen-bond acceptors (Lipinski definition) is 4. The van der Waals surface area contributed by atoms with Crippen LogP contribution in [0.5, 0.6) is 0 Å². The first-order valence-electron chi connectivity index (χ1n) is 6.03. The van der Waals surface area contributed by atoms with Gasteiger partial charge in [-0.1, -0.05) is 0 Å². The van der Waals surface area contributed by atoms with Gasteiger partial charge in [0.05, 0.1) is 10.5 Å². The van der Waals surface area contributed by atoms with Gasteiger partial charge in [0.1, 0.15) is 11.9 Å². The zero-order valence-corrected chi connectivity index (χ0v) is 12.4. The smallest absolute Gasteiger partial charge is 0.303 e. The number of carboxylic acids is 1. The Balaban J connectivity index is 3.07. The molecule has 1 rings (SSSR count). The number of nitriles is 1. The zero-order chi connectivity index (χ0) is 16.3. The minimum absolute atomic E-state index is 0.0741. The predicted octanol–water partition coefficient (Wildman–Crippen LogP) is 1.62. The van der Waals surface area contributed by atoms with E-state index >= 15 is 0 Å². The highest BCUT2D eigenvalue weighted by Gasteiger charge is 2.28. The summed E-state index contributed by atoms with van der Waals surface area (Å²) in [6, 6.07) is 4.40. The highest BCUT2D eigenvalue weighted by Crippen LogP contribution is 2.20. The first-order chi connectivity index (χ1) is 9.57. The summed E-state index contributed by atoms with van der Waals surface area (Å²) in [5.41, 5.74) is -1.32. The van der Waals surface area contributed by atoms with Crippen molar-refractivity contribution in [2.75, 3.05) is 0 Å². The Bertz CT molecular complexity index is 693. The maximum atomic E-state index is 13.0. The molecule has 0 atom stereocenters. The van der Waals surface area contributed by atoms with E-state index in [0.29, 0.717) is 0 Å². The van der Waals surface area contributed by atoms with Crippen molar-refractivity contribution in [2.24, 2.45) is 0 Å². The van der Waals surface area contributed by atoms with Gasteiger partial charge in [0, 0.05) is 12.0 Å². The number of halogens is 1. The van der Waals surface area contributed by atoms with Crippen molar-refractivity contribution in [1.29, 1.82) is 5.26 Å². The second-order valence-corrected chi connectivity index (χ2v) is 6.79. The van der Waals surface area contributed by atoms with Crippen molar-refractivity contribution < 1.29 is 22.7 Å². The van der Waals surface area contributed by atoms with Crippen LogP contribution in [-0.4, -0.2) is 25.0 Å². The number of carbonyl (C=O) groups is 1. The van der Waals surface area contributed by atoms with Crippen LogP contribution in [0.15, 0.2) is 23.1 Å². The SMILES string of the molecule is CC(C)(CCC(=O)O)NS(=O)(=O)c1ccc(F)cc1C#N. The van der Waals surface area contributed by atoms with Crippen LogP contribution in [0.25, 0.3) is 0 Å². The molecule has 0 heterocycles. The van der Waals surface area contributed by atoms with Crippen molar-refractivity contribution in [3.63, 3.8) is 0 Å². The first kappa shape index (κ1) is 17.1. The molecule has 8 heteroatoms. The van der Waals surface area contributed by atoms with Gasteiger partial charge in [-0.05, 0) is 38.5 Å². The van der Waals surface area contributed by atoms with E-state index in [4.69, 9.17) is 10.4 Å². The summed E-state index contributed by atoms with van der Waals surface area (Å²) in [5, 5.41) is 17.5. The Morgan fingerprint density at radius 2 is 2.10 bits per heavy atom. The number of aliphatic carboxylic acids is 1. The zero-order valence-electron chi connectivity index (χ0n) is 11.6. The van der Waals surface area contributed by atoms with Crippen LogP contribution in [0.2, 0.25) is 0 Å². The summed E-state index contributed by atoms with van der Waals surface area (Å²) in [6.07, 6.45) is -0.130. The van der Waals surface area contributed by atoms with Gasteiger partial charge in [0.2, 0.25) is 10.0 Å². The van der Waals surface area contributed by atoms with E-state index in [9.17, 15) is 17.6 Å². The van der Waals surface area contributed by atoms with Gasteiger partial charge in [-0.2, -0.15) is 5.26 Å². The van der Waals surface area contributed by atoms with Crippen LogP contribution in [0.4, 0.5) is 4.39 Å². The molecule has 1 aromatic carbocycles. The molecule has 0 saturated carbocycles. The molecule has 114 valence electrons. The number of carboxylic acid groups (broad SMARTS) is 1. The predicted molar refractivity (Wildman–Crippen MR) is 72.4 cm³/mol. The van der Waals surface area contributed by atoms with E-state index in [1.807, 2.05) is 0 Å². The number of benzene rings is 1. The molecule has 1 aromatic rings. The quantitative estimate of drug-likeness (QED) is 0.829. The van der Waals surface area contributed by atoms with Gasteiger partial charge in [-0.15, -0.1) is 0 Å². The number of nitrogens with zero attached hydrogens (tertiary/aromatic N) is 1. The Labute approximate surface area is 122 Å². The summed E-state index contributed by atoms with van der Waals surface area (Å²) in [7, 11) is -4.06.